The zero-order valence-electron chi connectivity index (χ0n) is 14.3. The molecule has 1 aromatic carbocycles. The van der Waals surface area contributed by atoms with Crippen LogP contribution in [-0.4, -0.2) is 34.8 Å². The fourth-order valence-corrected chi connectivity index (χ4v) is 3.83. The van der Waals surface area contributed by atoms with E-state index in [1.165, 1.54) is 24.3 Å². The lowest BCUT2D eigenvalue weighted by atomic mass is 10.0. The Hall–Kier alpha value is -2.76. The maximum absolute atomic E-state index is 13.0. The summed E-state index contributed by atoms with van der Waals surface area (Å²) in [6.45, 7) is 1.70. The molecule has 6 heteroatoms. The van der Waals surface area contributed by atoms with Crippen LogP contribution in [-0.2, 0) is 11.3 Å². The minimum absolute atomic E-state index is 0.0369. The SMILES string of the molecule is O=C(NCc1cccnc1)[C@H]1C[C@]12CCN(C(=O)c1ccc(F)cc1)C2. The summed E-state index contributed by atoms with van der Waals surface area (Å²) >= 11 is 0. The van der Waals surface area contributed by atoms with E-state index in [0.717, 1.165) is 18.4 Å². The molecular weight excluding hydrogens is 333 g/mol. The van der Waals surface area contributed by atoms with Gasteiger partial charge in [0.05, 0.1) is 0 Å². The van der Waals surface area contributed by atoms with Crippen LogP contribution in [0.2, 0.25) is 0 Å². The Bertz CT molecular complexity index is 825. The first-order chi connectivity index (χ1) is 12.6. The lowest BCUT2D eigenvalue weighted by Gasteiger charge is -2.17. The molecule has 2 atom stereocenters. The van der Waals surface area contributed by atoms with Gasteiger partial charge in [0, 0.05) is 48.9 Å². The van der Waals surface area contributed by atoms with Gasteiger partial charge in [0.2, 0.25) is 5.91 Å². The van der Waals surface area contributed by atoms with E-state index in [4.69, 9.17) is 0 Å². The molecule has 0 radical (unpaired) electrons. The minimum Gasteiger partial charge on any atom is -0.352 e. The standard InChI is InChI=1S/C20H20FN3O2/c21-16-5-3-15(4-6-16)19(26)24-9-7-20(13-24)10-17(20)18(25)23-12-14-2-1-8-22-11-14/h1-6,8,11,17H,7,9-10,12-13H2,(H,23,25)/t17-,20+/m1/s1. The average molecular weight is 353 g/mol. The van der Waals surface area contributed by atoms with Crippen molar-refractivity contribution >= 4 is 11.8 Å². The molecule has 1 aliphatic carbocycles. The Morgan fingerprint density at radius 1 is 1.27 bits per heavy atom. The van der Waals surface area contributed by atoms with Crippen LogP contribution < -0.4 is 5.32 Å². The Morgan fingerprint density at radius 3 is 2.81 bits per heavy atom. The summed E-state index contributed by atoms with van der Waals surface area (Å²) in [6, 6.07) is 9.38. The van der Waals surface area contributed by atoms with Crippen LogP contribution in [0, 0.1) is 17.2 Å². The largest absolute Gasteiger partial charge is 0.352 e. The molecular formula is C20H20FN3O2. The molecule has 2 heterocycles. The number of benzene rings is 1. The van der Waals surface area contributed by atoms with E-state index in [9.17, 15) is 14.0 Å². The molecule has 1 spiro atoms. The first-order valence-corrected chi connectivity index (χ1v) is 8.79. The van der Waals surface area contributed by atoms with E-state index in [1.54, 1.807) is 17.3 Å². The molecule has 2 fully saturated rings. The van der Waals surface area contributed by atoms with E-state index < -0.39 is 0 Å². The van der Waals surface area contributed by atoms with Crippen molar-refractivity contribution in [3.63, 3.8) is 0 Å². The van der Waals surface area contributed by atoms with Crippen LogP contribution in [0.15, 0.2) is 48.8 Å². The summed E-state index contributed by atoms with van der Waals surface area (Å²) < 4.78 is 13.0. The number of aromatic nitrogens is 1. The van der Waals surface area contributed by atoms with Gasteiger partial charge < -0.3 is 10.2 Å². The minimum atomic E-state index is -0.355. The smallest absolute Gasteiger partial charge is 0.253 e. The van der Waals surface area contributed by atoms with E-state index in [-0.39, 0.29) is 29.0 Å². The number of halogens is 1. The zero-order valence-corrected chi connectivity index (χ0v) is 14.3. The normalized spacial score (nSPS) is 23.9. The van der Waals surface area contributed by atoms with Gasteiger partial charge >= 0.3 is 0 Å². The molecule has 1 aromatic heterocycles. The highest BCUT2D eigenvalue weighted by Gasteiger charge is 2.61. The number of nitrogens with zero attached hydrogens (tertiary/aromatic N) is 2. The molecule has 0 bridgehead atoms. The fourth-order valence-electron chi connectivity index (χ4n) is 3.83. The number of amides is 2. The van der Waals surface area contributed by atoms with E-state index in [2.05, 4.69) is 10.3 Å². The summed E-state index contributed by atoms with van der Waals surface area (Å²) in [4.78, 5) is 30.8. The third-order valence-corrected chi connectivity index (χ3v) is 5.46. The number of hydrogen-bond donors (Lipinski definition) is 1. The topological polar surface area (TPSA) is 62.3 Å². The molecule has 26 heavy (non-hydrogen) atoms. The number of rotatable bonds is 4. The number of carbonyl (C=O) groups excluding carboxylic acids is 2. The quantitative estimate of drug-likeness (QED) is 0.918. The predicted octanol–water partition coefficient (Wildman–Crippen LogP) is 2.39. The van der Waals surface area contributed by atoms with Crippen LogP contribution in [0.5, 0.6) is 0 Å². The van der Waals surface area contributed by atoms with Gasteiger partial charge in [-0.25, -0.2) is 4.39 Å². The van der Waals surface area contributed by atoms with Gasteiger partial charge in [-0.3, -0.25) is 14.6 Å². The first-order valence-electron chi connectivity index (χ1n) is 8.79. The van der Waals surface area contributed by atoms with Gasteiger partial charge in [0.25, 0.3) is 5.91 Å². The third-order valence-electron chi connectivity index (χ3n) is 5.46. The van der Waals surface area contributed by atoms with Crippen LogP contribution >= 0.6 is 0 Å². The maximum atomic E-state index is 13.0. The first kappa shape index (κ1) is 16.7. The van der Waals surface area contributed by atoms with Crippen LogP contribution in [0.25, 0.3) is 0 Å². The molecule has 1 saturated carbocycles. The molecule has 2 aromatic rings. The van der Waals surface area contributed by atoms with Crippen molar-refractivity contribution in [3.05, 3.63) is 65.7 Å². The number of hydrogen-bond acceptors (Lipinski definition) is 3. The molecule has 134 valence electrons. The predicted molar refractivity (Wildman–Crippen MR) is 93.5 cm³/mol. The zero-order chi connectivity index (χ0) is 18.1. The molecule has 1 N–H and O–H groups in total. The maximum Gasteiger partial charge on any atom is 0.253 e. The fraction of sp³-hybridized carbons (Fsp3) is 0.350. The van der Waals surface area contributed by atoms with Gasteiger partial charge in [0.15, 0.2) is 0 Å². The van der Waals surface area contributed by atoms with Gasteiger partial charge in [-0.2, -0.15) is 0 Å². The Morgan fingerprint density at radius 2 is 2.08 bits per heavy atom. The van der Waals surface area contributed by atoms with Gasteiger partial charge in [-0.15, -0.1) is 0 Å². The van der Waals surface area contributed by atoms with Gasteiger partial charge in [-0.1, -0.05) is 6.07 Å². The number of carbonyl (C=O) groups is 2. The van der Waals surface area contributed by atoms with Crippen LogP contribution in [0.3, 0.4) is 0 Å². The lowest BCUT2D eigenvalue weighted by Crippen LogP contribution is -2.31. The second-order valence-corrected chi connectivity index (χ2v) is 7.18. The van der Waals surface area contributed by atoms with Crippen molar-refractivity contribution in [1.29, 1.82) is 0 Å². The van der Waals surface area contributed by atoms with Crippen molar-refractivity contribution < 1.29 is 14.0 Å². The summed E-state index contributed by atoms with van der Waals surface area (Å²) in [5.74, 6) is -0.439. The highest BCUT2D eigenvalue weighted by molar-refractivity contribution is 5.94. The second kappa shape index (κ2) is 6.52. The van der Waals surface area contributed by atoms with Crippen LogP contribution in [0.1, 0.15) is 28.8 Å². The van der Waals surface area contributed by atoms with Crippen molar-refractivity contribution in [3.8, 4) is 0 Å². The number of nitrogens with one attached hydrogen (secondary N) is 1. The van der Waals surface area contributed by atoms with Crippen LogP contribution in [0.4, 0.5) is 4.39 Å². The molecule has 1 saturated heterocycles. The van der Waals surface area contributed by atoms with Crippen molar-refractivity contribution in [2.45, 2.75) is 19.4 Å². The summed E-state index contributed by atoms with van der Waals surface area (Å²) in [7, 11) is 0. The van der Waals surface area contributed by atoms with Crippen molar-refractivity contribution in [2.24, 2.45) is 11.3 Å². The Labute approximate surface area is 151 Å². The van der Waals surface area contributed by atoms with E-state index >= 15 is 0 Å². The Balaban J connectivity index is 1.33. The van der Waals surface area contributed by atoms with Crippen molar-refractivity contribution in [2.75, 3.05) is 13.1 Å². The molecule has 0 unspecified atom stereocenters. The third kappa shape index (κ3) is 3.19. The summed E-state index contributed by atoms with van der Waals surface area (Å²) in [6.07, 6.45) is 5.10. The highest BCUT2D eigenvalue weighted by atomic mass is 19.1. The molecule has 2 amide bonds. The molecule has 5 nitrogen and oxygen atoms in total. The van der Waals surface area contributed by atoms with Gasteiger partial charge in [-0.05, 0) is 48.7 Å². The summed E-state index contributed by atoms with van der Waals surface area (Å²) in [5, 5.41) is 2.97. The Kier molecular flexibility index (Phi) is 4.18. The number of pyridine rings is 1. The second-order valence-electron chi connectivity index (χ2n) is 7.18. The van der Waals surface area contributed by atoms with Crippen molar-refractivity contribution in [1.82, 2.24) is 15.2 Å². The molecule has 1 aliphatic heterocycles. The van der Waals surface area contributed by atoms with E-state index in [0.29, 0.717) is 25.2 Å². The summed E-state index contributed by atoms with van der Waals surface area (Å²) in [5.41, 5.74) is 1.37. The highest BCUT2D eigenvalue weighted by Crippen LogP contribution is 2.58. The van der Waals surface area contributed by atoms with E-state index in [1.807, 2.05) is 12.1 Å². The molecule has 4 rings (SSSR count). The number of likely N-dealkylation sites (tertiary alicyclic amines) is 1. The monoisotopic (exact) mass is 353 g/mol. The average Bonchev–Trinajstić information content (AvgIpc) is 3.20. The molecule has 2 aliphatic rings. The van der Waals surface area contributed by atoms with Gasteiger partial charge in [0.1, 0.15) is 5.82 Å². The lowest BCUT2D eigenvalue weighted by molar-refractivity contribution is -0.123.